The highest BCUT2D eigenvalue weighted by Gasteiger charge is 2.20. The smallest absolute Gasteiger partial charge is 0.410 e. The SMILES string of the molecule is CC(CC=O)CN(C)C(=O)OC(C)(C)C. The van der Waals surface area contributed by atoms with Crippen LogP contribution in [0.1, 0.15) is 34.1 Å². The van der Waals surface area contributed by atoms with Crippen LogP contribution in [0.3, 0.4) is 0 Å². The summed E-state index contributed by atoms with van der Waals surface area (Å²) < 4.78 is 5.18. The third-order valence-corrected chi connectivity index (χ3v) is 1.79. The van der Waals surface area contributed by atoms with E-state index in [0.29, 0.717) is 13.0 Å². The van der Waals surface area contributed by atoms with Gasteiger partial charge in [0.1, 0.15) is 11.9 Å². The fourth-order valence-corrected chi connectivity index (χ4v) is 1.12. The van der Waals surface area contributed by atoms with Gasteiger partial charge in [0.15, 0.2) is 0 Å². The number of nitrogens with zero attached hydrogens (tertiary/aromatic N) is 1. The van der Waals surface area contributed by atoms with Crippen molar-refractivity contribution in [2.75, 3.05) is 13.6 Å². The molecule has 0 aromatic carbocycles. The second-order valence-corrected chi connectivity index (χ2v) is 4.87. The number of rotatable bonds is 4. The minimum Gasteiger partial charge on any atom is -0.444 e. The normalized spacial score (nSPS) is 13.1. The molecule has 0 bridgehead atoms. The van der Waals surface area contributed by atoms with E-state index in [2.05, 4.69) is 0 Å². The molecular weight excluding hydrogens is 194 g/mol. The Morgan fingerprint density at radius 2 is 2.00 bits per heavy atom. The molecule has 0 radical (unpaired) electrons. The van der Waals surface area contributed by atoms with Gasteiger partial charge in [0.25, 0.3) is 0 Å². The van der Waals surface area contributed by atoms with Crippen LogP contribution in [-0.2, 0) is 9.53 Å². The van der Waals surface area contributed by atoms with Crippen LogP contribution >= 0.6 is 0 Å². The van der Waals surface area contributed by atoms with Gasteiger partial charge in [-0.05, 0) is 26.7 Å². The molecule has 4 heteroatoms. The van der Waals surface area contributed by atoms with E-state index in [9.17, 15) is 9.59 Å². The average Bonchev–Trinajstić information content (AvgIpc) is 2.00. The first-order valence-corrected chi connectivity index (χ1v) is 5.14. The molecular formula is C11H21NO3. The topological polar surface area (TPSA) is 46.6 Å². The zero-order valence-electron chi connectivity index (χ0n) is 10.2. The minimum absolute atomic E-state index is 0.167. The summed E-state index contributed by atoms with van der Waals surface area (Å²) in [6.45, 7) is 7.94. The van der Waals surface area contributed by atoms with Crippen molar-refractivity contribution >= 4 is 12.4 Å². The molecule has 1 unspecified atom stereocenters. The molecule has 0 saturated heterocycles. The lowest BCUT2D eigenvalue weighted by molar-refractivity contribution is -0.108. The van der Waals surface area contributed by atoms with Gasteiger partial charge in [-0.2, -0.15) is 0 Å². The van der Waals surface area contributed by atoms with Gasteiger partial charge < -0.3 is 14.4 Å². The van der Waals surface area contributed by atoms with Gasteiger partial charge in [0.2, 0.25) is 0 Å². The Labute approximate surface area is 91.6 Å². The molecule has 0 heterocycles. The maximum atomic E-state index is 11.5. The predicted molar refractivity (Wildman–Crippen MR) is 58.7 cm³/mol. The van der Waals surface area contributed by atoms with E-state index in [1.807, 2.05) is 27.7 Å². The van der Waals surface area contributed by atoms with Crippen LogP contribution < -0.4 is 0 Å². The Hall–Kier alpha value is -1.06. The Bertz CT molecular complexity index is 220. The fourth-order valence-electron chi connectivity index (χ4n) is 1.12. The quantitative estimate of drug-likeness (QED) is 0.674. The molecule has 0 aliphatic carbocycles. The molecule has 0 aromatic rings. The van der Waals surface area contributed by atoms with Crippen molar-refractivity contribution in [2.24, 2.45) is 5.92 Å². The van der Waals surface area contributed by atoms with Crippen molar-refractivity contribution in [3.63, 3.8) is 0 Å². The molecule has 0 aromatic heterocycles. The molecule has 0 fully saturated rings. The molecule has 88 valence electrons. The van der Waals surface area contributed by atoms with E-state index in [4.69, 9.17) is 4.74 Å². The molecule has 1 amide bonds. The first-order chi connectivity index (χ1) is 6.76. The summed E-state index contributed by atoms with van der Waals surface area (Å²) in [5, 5.41) is 0. The summed E-state index contributed by atoms with van der Waals surface area (Å²) in [7, 11) is 1.68. The number of carbonyl (C=O) groups excluding carboxylic acids is 2. The summed E-state index contributed by atoms with van der Waals surface area (Å²) in [6.07, 6.45) is 0.987. The van der Waals surface area contributed by atoms with Crippen molar-refractivity contribution in [1.29, 1.82) is 0 Å². The maximum absolute atomic E-state index is 11.5. The Morgan fingerprint density at radius 3 is 2.40 bits per heavy atom. The summed E-state index contributed by atoms with van der Waals surface area (Å²) in [4.78, 5) is 23.3. The number of hydrogen-bond donors (Lipinski definition) is 0. The van der Waals surface area contributed by atoms with Crippen molar-refractivity contribution in [1.82, 2.24) is 4.90 Å². The van der Waals surface area contributed by atoms with Gasteiger partial charge in [-0.1, -0.05) is 6.92 Å². The van der Waals surface area contributed by atoms with Crippen LogP contribution in [0, 0.1) is 5.92 Å². The Morgan fingerprint density at radius 1 is 1.47 bits per heavy atom. The molecule has 4 nitrogen and oxygen atoms in total. The molecule has 15 heavy (non-hydrogen) atoms. The lowest BCUT2D eigenvalue weighted by atomic mass is 10.1. The molecule has 0 N–H and O–H groups in total. The van der Waals surface area contributed by atoms with Gasteiger partial charge in [-0.15, -0.1) is 0 Å². The highest BCUT2D eigenvalue weighted by molar-refractivity contribution is 5.67. The van der Waals surface area contributed by atoms with E-state index in [1.165, 1.54) is 4.90 Å². The predicted octanol–water partition coefficient (Wildman–Crippen LogP) is 2.08. The molecule has 0 spiro atoms. The van der Waals surface area contributed by atoms with Crippen molar-refractivity contribution in [2.45, 2.75) is 39.7 Å². The number of amides is 1. The van der Waals surface area contributed by atoms with Crippen molar-refractivity contribution in [3.05, 3.63) is 0 Å². The molecule has 1 atom stereocenters. The van der Waals surface area contributed by atoms with Gasteiger partial charge in [0.05, 0.1) is 0 Å². The molecule has 0 aliphatic heterocycles. The van der Waals surface area contributed by atoms with E-state index < -0.39 is 5.60 Å². The summed E-state index contributed by atoms with van der Waals surface area (Å²) in [6, 6.07) is 0. The lowest BCUT2D eigenvalue weighted by Crippen LogP contribution is -2.36. The zero-order chi connectivity index (χ0) is 12.1. The average molecular weight is 215 g/mol. The van der Waals surface area contributed by atoms with Crippen LogP contribution in [0.2, 0.25) is 0 Å². The van der Waals surface area contributed by atoms with Crippen molar-refractivity contribution in [3.8, 4) is 0 Å². The molecule has 0 rings (SSSR count). The van der Waals surface area contributed by atoms with Gasteiger partial charge >= 0.3 is 6.09 Å². The fraction of sp³-hybridized carbons (Fsp3) is 0.818. The number of hydrogen-bond acceptors (Lipinski definition) is 3. The second-order valence-electron chi connectivity index (χ2n) is 4.87. The minimum atomic E-state index is -0.473. The van der Waals surface area contributed by atoms with E-state index in [1.54, 1.807) is 7.05 Å². The zero-order valence-corrected chi connectivity index (χ0v) is 10.2. The van der Waals surface area contributed by atoms with Gasteiger partial charge in [0, 0.05) is 20.0 Å². The lowest BCUT2D eigenvalue weighted by Gasteiger charge is -2.26. The summed E-state index contributed by atoms with van der Waals surface area (Å²) in [5.74, 6) is 0.167. The van der Waals surface area contributed by atoms with Crippen LogP contribution in [0.25, 0.3) is 0 Å². The van der Waals surface area contributed by atoms with Crippen molar-refractivity contribution < 1.29 is 14.3 Å². The van der Waals surface area contributed by atoms with E-state index >= 15 is 0 Å². The first-order valence-electron chi connectivity index (χ1n) is 5.14. The monoisotopic (exact) mass is 215 g/mol. The third-order valence-electron chi connectivity index (χ3n) is 1.79. The van der Waals surface area contributed by atoms with Gasteiger partial charge in [-0.25, -0.2) is 4.79 Å². The number of ether oxygens (including phenoxy) is 1. The number of aldehydes is 1. The Kier molecular flexibility index (Phi) is 5.33. The van der Waals surface area contributed by atoms with E-state index in [0.717, 1.165) is 6.29 Å². The molecule has 0 aliphatic rings. The van der Waals surface area contributed by atoms with E-state index in [-0.39, 0.29) is 12.0 Å². The Balaban J connectivity index is 4.04. The molecule has 0 saturated carbocycles. The van der Waals surface area contributed by atoms with Crippen LogP contribution in [-0.4, -0.2) is 36.5 Å². The second kappa shape index (κ2) is 5.73. The van der Waals surface area contributed by atoms with Crippen LogP contribution in [0.15, 0.2) is 0 Å². The van der Waals surface area contributed by atoms with Crippen LogP contribution in [0.5, 0.6) is 0 Å². The summed E-state index contributed by atoms with van der Waals surface area (Å²) >= 11 is 0. The largest absolute Gasteiger partial charge is 0.444 e. The maximum Gasteiger partial charge on any atom is 0.410 e. The number of carbonyl (C=O) groups is 2. The highest BCUT2D eigenvalue weighted by Crippen LogP contribution is 2.10. The third kappa shape index (κ3) is 6.94. The standard InChI is InChI=1S/C11H21NO3/c1-9(6-7-13)8-12(5)10(14)15-11(2,3)4/h7,9H,6,8H2,1-5H3. The van der Waals surface area contributed by atoms with Crippen LogP contribution in [0.4, 0.5) is 4.79 Å². The van der Waals surface area contributed by atoms with Gasteiger partial charge in [-0.3, -0.25) is 0 Å². The summed E-state index contributed by atoms with van der Waals surface area (Å²) in [5.41, 5.74) is -0.473. The highest BCUT2D eigenvalue weighted by atomic mass is 16.6. The first kappa shape index (κ1) is 13.9.